The smallest absolute Gasteiger partial charge is 0.259 e. The fourth-order valence-corrected chi connectivity index (χ4v) is 2.26. The van der Waals surface area contributed by atoms with Crippen molar-refractivity contribution in [3.05, 3.63) is 57.0 Å². The average Bonchev–Trinajstić information content (AvgIpc) is 2.42. The van der Waals surface area contributed by atoms with E-state index >= 15 is 0 Å². The number of ether oxygens (including phenoxy) is 1. The maximum absolute atomic E-state index is 12.3. The van der Waals surface area contributed by atoms with Crippen LogP contribution in [-0.4, -0.2) is 13.0 Å². The van der Waals surface area contributed by atoms with E-state index in [2.05, 4.69) is 21.2 Å². The molecule has 0 saturated heterocycles. The van der Waals surface area contributed by atoms with Gasteiger partial charge in [-0.3, -0.25) is 4.79 Å². The number of anilines is 1. The normalized spacial score (nSPS) is 10.2. The number of aryl methyl sites for hydroxylation is 1. The molecule has 0 radical (unpaired) electrons. The fraction of sp³-hybridized carbons (Fsp3) is 0.133. The third-order valence-electron chi connectivity index (χ3n) is 2.84. The Hall–Kier alpha value is -1.52. The number of carbonyl (C=O) groups is 1. The van der Waals surface area contributed by atoms with E-state index in [1.54, 1.807) is 18.2 Å². The molecule has 20 heavy (non-hydrogen) atoms. The second kappa shape index (κ2) is 6.29. The molecular weight excluding hydrogens is 342 g/mol. The summed E-state index contributed by atoms with van der Waals surface area (Å²) in [7, 11) is 1.50. The van der Waals surface area contributed by atoms with Gasteiger partial charge in [0, 0.05) is 15.2 Å². The largest absolute Gasteiger partial charge is 0.496 e. The molecular formula is C15H13BrClNO2. The Morgan fingerprint density at radius 3 is 2.65 bits per heavy atom. The summed E-state index contributed by atoms with van der Waals surface area (Å²) in [6, 6.07) is 10.5. The average molecular weight is 355 g/mol. The van der Waals surface area contributed by atoms with Crippen LogP contribution < -0.4 is 10.1 Å². The van der Waals surface area contributed by atoms with Crippen LogP contribution in [0.3, 0.4) is 0 Å². The van der Waals surface area contributed by atoms with E-state index in [1.165, 1.54) is 7.11 Å². The van der Waals surface area contributed by atoms with Crippen LogP contribution in [0.25, 0.3) is 0 Å². The summed E-state index contributed by atoms with van der Waals surface area (Å²) in [5, 5.41) is 3.35. The van der Waals surface area contributed by atoms with Crippen molar-refractivity contribution in [2.45, 2.75) is 6.92 Å². The highest BCUT2D eigenvalue weighted by Crippen LogP contribution is 2.25. The first-order valence-corrected chi connectivity index (χ1v) is 7.09. The molecule has 2 aromatic carbocycles. The van der Waals surface area contributed by atoms with E-state index < -0.39 is 0 Å². The van der Waals surface area contributed by atoms with Crippen molar-refractivity contribution in [3.8, 4) is 5.75 Å². The lowest BCUT2D eigenvalue weighted by molar-refractivity contribution is 0.102. The van der Waals surface area contributed by atoms with Gasteiger partial charge in [0.2, 0.25) is 0 Å². The summed E-state index contributed by atoms with van der Waals surface area (Å²) >= 11 is 9.32. The predicted octanol–water partition coefficient (Wildman–Crippen LogP) is 4.67. The van der Waals surface area contributed by atoms with Gasteiger partial charge in [-0.15, -0.1) is 0 Å². The van der Waals surface area contributed by atoms with Gasteiger partial charge in [-0.1, -0.05) is 33.6 Å². The van der Waals surface area contributed by atoms with E-state index in [-0.39, 0.29) is 5.91 Å². The van der Waals surface area contributed by atoms with Crippen molar-refractivity contribution >= 4 is 39.1 Å². The standard InChI is InChI=1S/C15H13BrClNO2/c1-9-3-5-11(8-13(9)16)18-15(19)12-6-4-10(17)7-14(12)20-2/h3-8H,1-2H3,(H,18,19). The Labute approximate surface area is 131 Å². The van der Waals surface area contributed by atoms with Crippen molar-refractivity contribution < 1.29 is 9.53 Å². The summed E-state index contributed by atoms with van der Waals surface area (Å²) in [6.07, 6.45) is 0. The Bertz CT molecular complexity index is 658. The Balaban J connectivity index is 2.25. The summed E-state index contributed by atoms with van der Waals surface area (Å²) in [5.41, 5.74) is 2.25. The summed E-state index contributed by atoms with van der Waals surface area (Å²) in [4.78, 5) is 12.3. The molecule has 0 saturated carbocycles. The number of hydrogen-bond donors (Lipinski definition) is 1. The van der Waals surface area contributed by atoms with Gasteiger partial charge < -0.3 is 10.1 Å². The van der Waals surface area contributed by atoms with Gasteiger partial charge in [-0.25, -0.2) is 0 Å². The highest BCUT2D eigenvalue weighted by molar-refractivity contribution is 9.10. The second-order valence-electron chi connectivity index (χ2n) is 4.26. The molecule has 0 aliphatic heterocycles. The molecule has 0 bridgehead atoms. The van der Waals surface area contributed by atoms with Gasteiger partial charge in [0.1, 0.15) is 5.75 Å². The highest BCUT2D eigenvalue weighted by atomic mass is 79.9. The van der Waals surface area contributed by atoms with Crippen LogP contribution in [0.15, 0.2) is 40.9 Å². The number of amides is 1. The second-order valence-corrected chi connectivity index (χ2v) is 5.55. The number of carbonyl (C=O) groups excluding carboxylic acids is 1. The van der Waals surface area contributed by atoms with Crippen LogP contribution in [-0.2, 0) is 0 Å². The van der Waals surface area contributed by atoms with Crippen LogP contribution in [0.1, 0.15) is 15.9 Å². The number of rotatable bonds is 3. The van der Waals surface area contributed by atoms with Crippen molar-refractivity contribution in [2.75, 3.05) is 12.4 Å². The van der Waals surface area contributed by atoms with Gasteiger partial charge >= 0.3 is 0 Å². The molecule has 2 rings (SSSR count). The molecule has 2 aromatic rings. The van der Waals surface area contributed by atoms with Crippen molar-refractivity contribution in [2.24, 2.45) is 0 Å². The lowest BCUT2D eigenvalue weighted by Crippen LogP contribution is -2.13. The van der Waals surface area contributed by atoms with Crippen LogP contribution in [0.5, 0.6) is 5.75 Å². The van der Waals surface area contributed by atoms with Gasteiger partial charge in [-0.05, 0) is 42.8 Å². The molecule has 0 fully saturated rings. The van der Waals surface area contributed by atoms with E-state index in [4.69, 9.17) is 16.3 Å². The SMILES string of the molecule is COc1cc(Cl)ccc1C(=O)Nc1ccc(C)c(Br)c1. The first-order chi connectivity index (χ1) is 9.51. The molecule has 1 amide bonds. The number of hydrogen-bond acceptors (Lipinski definition) is 2. The maximum Gasteiger partial charge on any atom is 0.259 e. The Kier molecular flexibility index (Phi) is 4.68. The van der Waals surface area contributed by atoms with E-state index in [0.717, 1.165) is 10.0 Å². The van der Waals surface area contributed by atoms with Crippen LogP contribution in [0, 0.1) is 6.92 Å². The monoisotopic (exact) mass is 353 g/mol. The van der Waals surface area contributed by atoms with E-state index in [1.807, 2.05) is 25.1 Å². The minimum atomic E-state index is -0.241. The molecule has 0 aromatic heterocycles. The number of methoxy groups -OCH3 is 1. The minimum Gasteiger partial charge on any atom is -0.496 e. The van der Waals surface area contributed by atoms with E-state index in [9.17, 15) is 4.79 Å². The van der Waals surface area contributed by atoms with Crippen LogP contribution in [0.4, 0.5) is 5.69 Å². The molecule has 0 spiro atoms. The lowest BCUT2D eigenvalue weighted by Gasteiger charge is -2.10. The quantitative estimate of drug-likeness (QED) is 0.869. The number of benzene rings is 2. The highest BCUT2D eigenvalue weighted by Gasteiger charge is 2.13. The van der Waals surface area contributed by atoms with Gasteiger partial charge in [0.05, 0.1) is 12.7 Å². The first kappa shape index (κ1) is 14.9. The zero-order chi connectivity index (χ0) is 14.7. The summed E-state index contributed by atoms with van der Waals surface area (Å²) < 4.78 is 6.12. The van der Waals surface area contributed by atoms with Crippen LogP contribution in [0.2, 0.25) is 5.02 Å². The number of nitrogens with one attached hydrogen (secondary N) is 1. The molecule has 0 heterocycles. The molecule has 0 unspecified atom stereocenters. The van der Waals surface area contributed by atoms with Crippen molar-refractivity contribution in [1.82, 2.24) is 0 Å². The Morgan fingerprint density at radius 2 is 2.00 bits per heavy atom. The van der Waals surface area contributed by atoms with Gasteiger partial charge in [0.25, 0.3) is 5.91 Å². The first-order valence-electron chi connectivity index (χ1n) is 5.92. The molecule has 104 valence electrons. The maximum atomic E-state index is 12.3. The molecule has 5 heteroatoms. The van der Waals surface area contributed by atoms with Gasteiger partial charge in [0.15, 0.2) is 0 Å². The third kappa shape index (κ3) is 3.32. The zero-order valence-electron chi connectivity index (χ0n) is 11.0. The molecule has 0 aliphatic rings. The molecule has 0 aliphatic carbocycles. The zero-order valence-corrected chi connectivity index (χ0v) is 13.4. The molecule has 3 nitrogen and oxygen atoms in total. The molecule has 0 atom stereocenters. The fourth-order valence-electron chi connectivity index (χ4n) is 1.72. The van der Waals surface area contributed by atoms with Gasteiger partial charge in [-0.2, -0.15) is 0 Å². The number of halogens is 2. The summed E-state index contributed by atoms with van der Waals surface area (Å²) in [5.74, 6) is 0.204. The van der Waals surface area contributed by atoms with Crippen LogP contribution >= 0.6 is 27.5 Å². The minimum absolute atomic E-state index is 0.241. The topological polar surface area (TPSA) is 38.3 Å². The Morgan fingerprint density at radius 1 is 1.25 bits per heavy atom. The van der Waals surface area contributed by atoms with Crippen molar-refractivity contribution in [3.63, 3.8) is 0 Å². The van der Waals surface area contributed by atoms with E-state index in [0.29, 0.717) is 22.0 Å². The summed E-state index contributed by atoms with van der Waals surface area (Å²) in [6.45, 7) is 1.98. The van der Waals surface area contributed by atoms with Crippen molar-refractivity contribution in [1.29, 1.82) is 0 Å². The predicted molar refractivity (Wildman–Crippen MR) is 84.8 cm³/mol. The molecule has 1 N–H and O–H groups in total. The third-order valence-corrected chi connectivity index (χ3v) is 3.93. The lowest BCUT2D eigenvalue weighted by atomic mass is 10.1.